The molecule has 27 heavy (non-hydrogen) atoms. The molecule has 0 aliphatic carbocycles. The van der Waals surface area contributed by atoms with Gasteiger partial charge in [-0.15, -0.1) is 0 Å². The quantitative estimate of drug-likeness (QED) is 0.438. The molecule has 0 saturated carbocycles. The van der Waals surface area contributed by atoms with Gasteiger partial charge in [0.2, 0.25) is 11.9 Å². The molecule has 1 amide bonds. The molecule has 0 aromatic carbocycles. The number of ketones is 1. The van der Waals surface area contributed by atoms with Crippen molar-refractivity contribution in [2.75, 3.05) is 31.1 Å². The standard InChI is InChI=1S/C21H34N4O2/c1-3-4-5-6-7-8-9-11-19(18(2)26)20(27)24-14-16-25(17-15-24)21-22-12-10-13-23-21/h10,12-13,19H,3-9,11,14-17H2,1-2H3/t19-/m1/s1. The van der Waals surface area contributed by atoms with Crippen molar-refractivity contribution in [3.63, 3.8) is 0 Å². The molecule has 6 nitrogen and oxygen atoms in total. The smallest absolute Gasteiger partial charge is 0.233 e. The first-order valence-corrected chi connectivity index (χ1v) is 10.4. The fourth-order valence-electron chi connectivity index (χ4n) is 3.61. The molecule has 150 valence electrons. The van der Waals surface area contributed by atoms with Crippen molar-refractivity contribution in [1.29, 1.82) is 0 Å². The lowest BCUT2D eigenvalue weighted by Crippen LogP contribution is -2.51. The average molecular weight is 375 g/mol. The van der Waals surface area contributed by atoms with Gasteiger partial charge in [-0.2, -0.15) is 0 Å². The zero-order valence-corrected chi connectivity index (χ0v) is 16.9. The van der Waals surface area contributed by atoms with Gasteiger partial charge in [-0.25, -0.2) is 9.97 Å². The van der Waals surface area contributed by atoms with Gasteiger partial charge in [-0.05, 0) is 19.4 Å². The number of piperazine rings is 1. The van der Waals surface area contributed by atoms with Crippen LogP contribution in [-0.4, -0.2) is 52.7 Å². The van der Waals surface area contributed by atoms with Gasteiger partial charge in [0.25, 0.3) is 0 Å². The Labute approximate surface area is 163 Å². The van der Waals surface area contributed by atoms with E-state index in [-0.39, 0.29) is 11.7 Å². The molecule has 0 bridgehead atoms. The second-order valence-electron chi connectivity index (χ2n) is 7.43. The second-order valence-corrected chi connectivity index (χ2v) is 7.43. The van der Waals surface area contributed by atoms with E-state index in [1.165, 1.54) is 32.1 Å². The van der Waals surface area contributed by atoms with Gasteiger partial charge >= 0.3 is 0 Å². The van der Waals surface area contributed by atoms with Gasteiger partial charge in [0.1, 0.15) is 5.78 Å². The van der Waals surface area contributed by atoms with Crippen molar-refractivity contribution in [3.05, 3.63) is 18.5 Å². The van der Waals surface area contributed by atoms with E-state index in [1.807, 2.05) is 4.90 Å². The van der Waals surface area contributed by atoms with Crippen molar-refractivity contribution >= 4 is 17.6 Å². The highest BCUT2D eigenvalue weighted by Crippen LogP contribution is 2.18. The Kier molecular flexibility index (Phi) is 9.22. The molecule has 6 heteroatoms. The third-order valence-electron chi connectivity index (χ3n) is 5.31. The number of Topliss-reactive ketones (excluding diaryl/α,β-unsaturated/α-hetero) is 1. The van der Waals surface area contributed by atoms with Crippen LogP contribution in [0.15, 0.2) is 18.5 Å². The topological polar surface area (TPSA) is 66.4 Å². The van der Waals surface area contributed by atoms with E-state index >= 15 is 0 Å². The maximum atomic E-state index is 12.8. The highest BCUT2D eigenvalue weighted by molar-refractivity contribution is 6.00. The first-order chi connectivity index (χ1) is 13.1. The lowest BCUT2D eigenvalue weighted by atomic mass is 9.95. The number of carbonyl (C=O) groups is 2. The Balaban J connectivity index is 1.75. The number of anilines is 1. The number of hydrogen-bond donors (Lipinski definition) is 0. The molecule has 1 aliphatic heterocycles. The second kappa shape index (κ2) is 11.7. The molecule has 0 radical (unpaired) electrons. The molecule has 2 heterocycles. The van der Waals surface area contributed by atoms with Crippen molar-refractivity contribution in [3.8, 4) is 0 Å². The lowest BCUT2D eigenvalue weighted by Gasteiger charge is -2.36. The molecule has 1 aliphatic rings. The number of unbranched alkanes of at least 4 members (excludes halogenated alkanes) is 6. The van der Waals surface area contributed by atoms with Crippen LogP contribution < -0.4 is 4.90 Å². The summed E-state index contributed by atoms with van der Waals surface area (Å²) in [5.41, 5.74) is 0. The van der Waals surface area contributed by atoms with Gasteiger partial charge in [0.15, 0.2) is 0 Å². The minimum atomic E-state index is -0.472. The van der Waals surface area contributed by atoms with Crippen molar-refractivity contribution in [2.24, 2.45) is 5.92 Å². The zero-order valence-electron chi connectivity index (χ0n) is 16.9. The molecule has 1 aromatic rings. The van der Waals surface area contributed by atoms with E-state index in [0.29, 0.717) is 38.5 Å². The van der Waals surface area contributed by atoms with Crippen LogP contribution in [-0.2, 0) is 9.59 Å². The fourth-order valence-corrected chi connectivity index (χ4v) is 3.61. The zero-order chi connectivity index (χ0) is 19.5. The highest BCUT2D eigenvalue weighted by Gasteiger charge is 2.30. The van der Waals surface area contributed by atoms with Crippen LogP contribution in [0, 0.1) is 5.92 Å². The normalized spacial score (nSPS) is 15.6. The number of rotatable bonds is 11. The Bertz CT molecular complexity index is 571. The number of nitrogens with zero attached hydrogens (tertiary/aromatic N) is 4. The maximum absolute atomic E-state index is 12.8. The van der Waals surface area contributed by atoms with Gasteiger partial charge < -0.3 is 9.80 Å². The van der Waals surface area contributed by atoms with E-state index in [1.54, 1.807) is 25.4 Å². The summed E-state index contributed by atoms with van der Waals surface area (Å²) in [6.07, 6.45) is 12.5. The number of aromatic nitrogens is 2. The molecule has 1 aromatic heterocycles. The van der Waals surface area contributed by atoms with Crippen LogP contribution in [0.3, 0.4) is 0 Å². The summed E-state index contributed by atoms with van der Waals surface area (Å²) in [5.74, 6) is 0.234. The number of amides is 1. The van der Waals surface area contributed by atoms with E-state index in [2.05, 4.69) is 21.8 Å². The molecular formula is C21H34N4O2. The first-order valence-electron chi connectivity index (χ1n) is 10.4. The van der Waals surface area contributed by atoms with Crippen molar-refractivity contribution < 1.29 is 9.59 Å². The molecular weight excluding hydrogens is 340 g/mol. The largest absolute Gasteiger partial charge is 0.339 e. The summed E-state index contributed by atoms with van der Waals surface area (Å²) >= 11 is 0. The molecule has 1 saturated heterocycles. The Morgan fingerprint density at radius 1 is 0.963 bits per heavy atom. The highest BCUT2D eigenvalue weighted by atomic mass is 16.2. The molecule has 0 unspecified atom stereocenters. The van der Waals surface area contributed by atoms with E-state index in [4.69, 9.17) is 0 Å². The lowest BCUT2D eigenvalue weighted by molar-refractivity contribution is -0.141. The molecule has 1 fully saturated rings. The molecule has 0 N–H and O–H groups in total. The number of hydrogen-bond acceptors (Lipinski definition) is 5. The van der Waals surface area contributed by atoms with Crippen LogP contribution in [0.4, 0.5) is 5.95 Å². The van der Waals surface area contributed by atoms with Gasteiger partial charge in [-0.1, -0.05) is 51.9 Å². The van der Waals surface area contributed by atoms with E-state index in [0.717, 1.165) is 12.8 Å². The third kappa shape index (κ3) is 6.92. The predicted molar refractivity (Wildman–Crippen MR) is 108 cm³/mol. The van der Waals surface area contributed by atoms with Crippen LogP contribution in [0.25, 0.3) is 0 Å². The van der Waals surface area contributed by atoms with Crippen molar-refractivity contribution in [1.82, 2.24) is 14.9 Å². The van der Waals surface area contributed by atoms with Crippen LogP contribution in [0.1, 0.15) is 65.2 Å². The minimum Gasteiger partial charge on any atom is -0.339 e. The summed E-state index contributed by atoms with van der Waals surface area (Å²) in [4.78, 5) is 37.3. The maximum Gasteiger partial charge on any atom is 0.233 e. The van der Waals surface area contributed by atoms with E-state index < -0.39 is 5.92 Å². The van der Waals surface area contributed by atoms with Crippen molar-refractivity contribution in [2.45, 2.75) is 65.2 Å². The van der Waals surface area contributed by atoms with Crippen LogP contribution in [0.5, 0.6) is 0 Å². The summed E-state index contributed by atoms with van der Waals surface area (Å²) in [6, 6.07) is 1.80. The van der Waals surface area contributed by atoms with Crippen LogP contribution in [0.2, 0.25) is 0 Å². The molecule has 1 atom stereocenters. The third-order valence-corrected chi connectivity index (χ3v) is 5.31. The Hall–Kier alpha value is -1.98. The SMILES string of the molecule is CCCCCCCCC[C@H](C(C)=O)C(=O)N1CCN(c2ncccn2)CC1. The summed E-state index contributed by atoms with van der Waals surface area (Å²) in [7, 11) is 0. The van der Waals surface area contributed by atoms with Gasteiger partial charge in [0, 0.05) is 38.6 Å². The Morgan fingerprint density at radius 2 is 1.56 bits per heavy atom. The summed E-state index contributed by atoms with van der Waals surface area (Å²) in [5, 5.41) is 0. The van der Waals surface area contributed by atoms with E-state index in [9.17, 15) is 9.59 Å². The first kappa shape index (κ1) is 21.3. The van der Waals surface area contributed by atoms with Gasteiger partial charge in [-0.3, -0.25) is 9.59 Å². The van der Waals surface area contributed by atoms with Crippen LogP contribution >= 0.6 is 0 Å². The molecule has 0 spiro atoms. The van der Waals surface area contributed by atoms with Gasteiger partial charge in [0.05, 0.1) is 5.92 Å². The fraction of sp³-hybridized carbons (Fsp3) is 0.714. The Morgan fingerprint density at radius 3 is 2.15 bits per heavy atom. The average Bonchev–Trinajstić information content (AvgIpc) is 2.70. The summed E-state index contributed by atoms with van der Waals surface area (Å²) in [6.45, 7) is 6.43. The molecule has 2 rings (SSSR count). The number of carbonyl (C=O) groups excluding carboxylic acids is 2. The predicted octanol–water partition coefficient (Wildman–Crippen LogP) is 3.47. The minimum absolute atomic E-state index is 0.000180. The monoisotopic (exact) mass is 374 g/mol. The summed E-state index contributed by atoms with van der Waals surface area (Å²) < 4.78 is 0.